The Kier molecular flexibility index (Phi) is 8.08. The Bertz CT molecular complexity index is 1460. The smallest absolute Gasteiger partial charge is 0.335 e. The van der Waals surface area contributed by atoms with Crippen molar-refractivity contribution in [1.82, 2.24) is 19.9 Å². The minimum absolute atomic E-state index is 0.0189. The number of amides is 2. The van der Waals surface area contributed by atoms with Gasteiger partial charge in [-0.1, -0.05) is 12.1 Å². The Labute approximate surface area is 215 Å². The number of carbonyl (C=O) groups excluding carboxylic acids is 2. The summed E-state index contributed by atoms with van der Waals surface area (Å²) in [4.78, 5) is 56.9. The molecule has 3 aromatic rings. The van der Waals surface area contributed by atoms with Crippen molar-refractivity contribution in [1.29, 1.82) is 0 Å². The van der Waals surface area contributed by atoms with Crippen LogP contribution in [0.15, 0.2) is 62.8 Å². The van der Waals surface area contributed by atoms with Crippen LogP contribution in [0, 0.1) is 0 Å². The Morgan fingerprint density at radius 1 is 1.16 bits per heavy atom. The molecule has 0 fully saturated rings. The molecule has 0 spiro atoms. The summed E-state index contributed by atoms with van der Waals surface area (Å²) >= 11 is 1.19. The van der Waals surface area contributed by atoms with E-state index in [1.807, 2.05) is 6.92 Å². The van der Waals surface area contributed by atoms with E-state index in [0.29, 0.717) is 39.8 Å². The lowest BCUT2D eigenvalue weighted by Crippen LogP contribution is -2.38. The van der Waals surface area contributed by atoms with Crippen LogP contribution in [0.5, 0.6) is 5.88 Å². The van der Waals surface area contributed by atoms with E-state index in [1.54, 1.807) is 42.6 Å². The number of nitrogens with zero attached hydrogens (tertiary/aromatic N) is 2. The first kappa shape index (κ1) is 25.8. The van der Waals surface area contributed by atoms with Crippen LogP contribution in [0.25, 0.3) is 6.08 Å². The second-order valence-electron chi connectivity index (χ2n) is 7.99. The topological polar surface area (TPSA) is 144 Å². The lowest BCUT2D eigenvalue weighted by atomic mass is 10.2. The van der Waals surface area contributed by atoms with Gasteiger partial charge in [-0.25, -0.2) is 19.4 Å². The highest BCUT2D eigenvalue weighted by molar-refractivity contribution is 7.99. The van der Waals surface area contributed by atoms with Crippen molar-refractivity contribution in [2.45, 2.75) is 25.1 Å². The van der Waals surface area contributed by atoms with Gasteiger partial charge in [0.05, 0.1) is 24.2 Å². The predicted octanol–water partition coefficient (Wildman–Crippen LogP) is 2.36. The summed E-state index contributed by atoms with van der Waals surface area (Å²) < 4.78 is 11.5. The van der Waals surface area contributed by atoms with Crippen LogP contribution in [0.3, 0.4) is 0 Å². The average molecular weight is 524 g/mol. The number of urea groups is 1. The summed E-state index contributed by atoms with van der Waals surface area (Å²) in [6, 6.07) is 9.86. The Hall–Kier alpha value is -4.32. The summed E-state index contributed by atoms with van der Waals surface area (Å²) in [5.74, 6) is 0.110. The monoisotopic (exact) mass is 523 g/mol. The molecule has 0 atom stereocenters. The number of hydrogen-bond donors (Lipinski definition) is 3. The molecule has 37 heavy (non-hydrogen) atoms. The number of H-pyrrole nitrogens is 1. The van der Waals surface area contributed by atoms with Gasteiger partial charge in [-0.15, -0.1) is 11.8 Å². The molecule has 12 heteroatoms. The Morgan fingerprint density at radius 2 is 1.95 bits per heavy atom. The van der Waals surface area contributed by atoms with Gasteiger partial charge in [-0.05, 0) is 42.3 Å². The quantitative estimate of drug-likeness (QED) is 0.302. The number of benzene rings is 1. The van der Waals surface area contributed by atoms with Crippen molar-refractivity contribution in [3.8, 4) is 5.88 Å². The predicted molar refractivity (Wildman–Crippen MR) is 139 cm³/mol. The highest BCUT2D eigenvalue weighted by Gasteiger charge is 2.23. The largest absolute Gasteiger partial charge is 0.481 e. The Morgan fingerprint density at radius 3 is 2.68 bits per heavy atom. The first-order chi connectivity index (χ1) is 17.9. The van der Waals surface area contributed by atoms with Crippen LogP contribution in [0.1, 0.15) is 23.6 Å². The van der Waals surface area contributed by atoms with Gasteiger partial charge in [0.1, 0.15) is 6.61 Å². The van der Waals surface area contributed by atoms with Gasteiger partial charge >= 0.3 is 17.7 Å². The molecule has 0 aliphatic carbocycles. The van der Waals surface area contributed by atoms with Crippen LogP contribution in [0.2, 0.25) is 0 Å². The zero-order valence-corrected chi connectivity index (χ0v) is 21.0. The van der Waals surface area contributed by atoms with Crippen LogP contribution in [-0.4, -0.2) is 45.9 Å². The minimum Gasteiger partial charge on any atom is -0.481 e. The molecule has 2 amide bonds. The number of thioether (sulfide) groups is 1. The second kappa shape index (κ2) is 11.6. The molecule has 0 unspecified atom stereocenters. The van der Waals surface area contributed by atoms with Crippen LogP contribution < -0.4 is 26.6 Å². The number of rotatable bonds is 8. The van der Waals surface area contributed by atoms with Gasteiger partial charge in [0.25, 0.3) is 5.56 Å². The van der Waals surface area contributed by atoms with Gasteiger partial charge < -0.3 is 25.1 Å². The van der Waals surface area contributed by atoms with Gasteiger partial charge in [-0.2, -0.15) is 0 Å². The number of pyridine rings is 1. The fourth-order valence-corrected chi connectivity index (χ4v) is 4.50. The van der Waals surface area contributed by atoms with E-state index in [9.17, 15) is 19.2 Å². The molecule has 3 heterocycles. The third kappa shape index (κ3) is 6.28. The number of anilines is 1. The van der Waals surface area contributed by atoms with E-state index >= 15 is 0 Å². The van der Waals surface area contributed by atoms with Crippen molar-refractivity contribution in [2.75, 3.05) is 24.7 Å². The van der Waals surface area contributed by atoms with Gasteiger partial charge in [0.2, 0.25) is 5.88 Å². The van der Waals surface area contributed by atoms with Crippen LogP contribution in [-0.2, 0) is 22.7 Å². The van der Waals surface area contributed by atoms with Crippen molar-refractivity contribution in [3.63, 3.8) is 0 Å². The molecule has 3 N–H and O–H groups in total. The maximum Gasteiger partial charge on any atom is 0.335 e. The maximum absolute atomic E-state index is 13.2. The number of methoxy groups -OCH3 is 1. The number of hydrogen-bond acceptors (Lipinski definition) is 8. The summed E-state index contributed by atoms with van der Waals surface area (Å²) in [6.45, 7) is 2.36. The SMILES string of the molecule is CCNC(=O)Nc1ccc(Cn2c(=O)[nH]c3c(c2=O)C=C(C(=O)OCc2ccnc(OC)c2)CS3)cc1. The van der Waals surface area contributed by atoms with E-state index in [-0.39, 0.29) is 30.5 Å². The maximum atomic E-state index is 13.2. The van der Waals surface area contributed by atoms with Gasteiger partial charge in [0, 0.05) is 35.8 Å². The van der Waals surface area contributed by atoms with Crippen molar-refractivity contribution >= 4 is 35.5 Å². The van der Waals surface area contributed by atoms with Gasteiger partial charge in [0.15, 0.2) is 0 Å². The number of esters is 1. The fraction of sp³-hybridized carbons (Fsp3) is 0.240. The third-order valence-electron chi connectivity index (χ3n) is 5.41. The Balaban J connectivity index is 1.50. The molecule has 2 aromatic heterocycles. The summed E-state index contributed by atoms with van der Waals surface area (Å²) in [6.07, 6.45) is 3.02. The summed E-state index contributed by atoms with van der Waals surface area (Å²) in [7, 11) is 1.50. The fourth-order valence-electron chi connectivity index (χ4n) is 3.54. The van der Waals surface area contributed by atoms with Crippen LogP contribution in [0.4, 0.5) is 10.5 Å². The molecular formula is C25H25N5O6S. The van der Waals surface area contributed by atoms with Crippen molar-refractivity contribution < 1.29 is 19.1 Å². The number of carbonyl (C=O) groups is 2. The molecule has 0 radical (unpaired) electrons. The van der Waals surface area contributed by atoms with Crippen molar-refractivity contribution in [3.05, 3.63) is 85.7 Å². The number of fused-ring (bicyclic) bond motifs is 1. The normalized spacial score (nSPS) is 12.2. The molecule has 0 bridgehead atoms. The molecule has 1 aromatic carbocycles. The first-order valence-electron chi connectivity index (χ1n) is 11.4. The van der Waals surface area contributed by atoms with E-state index in [4.69, 9.17) is 9.47 Å². The number of nitrogens with one attached hydrogen (secondary N) is 3. The molecule has 1 aliphatic rings. The summed E-state index contributed by atoms with van der Waals surface area (Å²) in [5.41, 5.74) is 1.45. The highest BCUT2D eigenvalue weighted by atomic mass is 32.2. The van der Waals surface area contributed by atoms with E-state index in [2.05, 4.69) is 20.6 Å². The zero-order valence-electron chi connectivity index (χ0n) is 20.2. The molecular weight excluding hydrogens is 498 g/mol. The molecule has 0 saturated carbocycles. The summed E-state index contributed by atoms with van der Waals surface area (Å²) in [5, 5.41) is 5.73. The lowest BCUT2D eigenvalue weighted by Gasteiger charge is -2.16. The minimum atomic E-state index is -0.554. The average Bonchev–Trinajstić information content (AvgIpc) is 2.90. The molecule has 4 rings (SSSR count). The molecule has 1 aliphatic heterocycles. The highest BCUT2D eigenvalue weighted by Crippen LogP contribution is 2.28. The van der Waals surface area contributed by atoms with E-state index in [1.165, 1.54) is 24.9 Å². The second-order valence-corrected chi connectivity index (χ2v) is 8.97. The third-order valence-corrected chi connectivity index (χ3v) is 6.47. The zero-order chi connectivity index (χ0) is 26.4. The first-order valence-corrected chi connectivity index (χ1v) is 12.4. The number of aromatic amines is 1. The van der Waals surface area contributed by atoms with E-state index < -0.39 is 17.2 Å². The number of ether oxygens (including phenoxy) is 2. The van der Waals surface area contributed by atoms with Crippen LogP contribution >= 0.6 is 11.8 Å². The number of aromatic nitrogens is 3. The van der Waals surface area contributed by atoms with Crippen molar-refractivity contribution in [2.24, 2.45) is 0 Å². The molecule has 11 nitrogen and oxygen atoms in total. The van der Waals surface area contributed by atoms with Gasteiger partial charge in [-0.3, -0.25) is 9.36 Å². The molecule has 192 valence electrons. The lowest BCUT2D eigenvalue weighted by molar-refractivity contribution is -0.140. The molecule has 0 saturated heterocycles. The standard InChI is InChI=1S/C25H25N5O6S/c1-3-26-24(33)28-18-6-4-15(5-7-18)12-30-22(31)19-11-17(14-37-21(19)29-25(30)34)23(32)36-13-16-8-9-27-20(10-16)35-2/h4-11H,3,12-14H2,1-2H3,(H,29,34)(H2,26,28,33). The van der Waals surface area contributed by atoms with E-state index in [0.717, 1.165) is 4.57 Å².